The van der Waals surface area contributed by atoms with Crippen LogP contribution in [-0.4, -0.2) is 13.1 Å². The van der Waals surface area contributed by atoms with Crippen LogP contribution in [0, 0.1) is 5.92 Å². The molecule has 76 valence electrons. The maximum Gasteiger partial charge on any atom is 0.0276 e. The van der Waals surface area contributed by atoms with Crippen LogP contribution in [0.25, 0.3) is 0 Å². The van der Waals surface area contributed by atoms with Crippen LogP contribution in [0.2, 0.25) is 0 Å². The molecule has 0 heterocycles. The van der Waals surface area contributed by atoms with Crippen LogP contribution in [-0.2, 0) is 0 Å². The number of nitrogens with one attached hydrogen (secondary N) is 1. The Bertz CT molecular complexity index is 170. The standard InChI is InChI=1S/C12H23N/c1-10(2)8-9-12(13-3)11-6-4-5-7-11/h6,10,12-13H,4-5,7-9H2,1-3H3. The second kappa shape index (κ2) is 5.43. The molecule has 0 aromatic rings. The van der Waals surface area contributed by atoms with Gasteiger partial charge in [-0.05, 0) is 45.1 Å². The van der Waals surface area contributed by atoms with Crippen molar-refractivity contribution in [2.75, 3.05) is 7.05 Å². The largest absolute Gasteiger partial charge is 0.313 e. The molecule has 0 saturated carbocycles. The molecule has 1 unspecified atom stereocenters. The summed E-state index contributed by atoms with van der Waals surface area (Å²) in [4.78, 5) is 0. The van der Waals surface area contributed by atoms with Crippen LogP contribution in [0.1, 0.15) is 46.0 Å². The van der Waals surface area contributed by atoms with Crippen LogP contribution < -0.4 is 5.32 Å². The third-order valence-electron chi connectivity index (χ3n) is 2.90. The fraction of sp³-hybridized carbons (Fsp3) is 0.833. The smallest absolute Gasteiger partial charge is 0.0276 e. The maximum absolute atomic E-state index is 3.43. The zero-order chi connectivity index (χ0) is 9.68. The van der Waals surface area contributed by atoms with Gasteiger partial charge in [0.1, 0.15) is 0 Å². The highest BCUT2D eigenvalue weighted by Gasteiger charge is 2.15. The van der Waals surface area contributed by atoms with Crippen molar-refractivity contribution in [2.45, 2.75) is 52.0 Å². The van der Waals surface area contributed by atoms with Crippen molar-refractivity contribution in [3.8, 4) is 0 Å². The van der Waals surface area contributed by atoms with Crippen molar-refractivity contribution in [3.63, 3.8) is 0 Å². The minimum absolute atomic E-state index is 0.657. The molecule has 0 aliphatic heterocycles. The van der Waals surface area contributed by atoms with E-state index in [4.69, 9.17) is 0 Å². The summed E-state index contributed by atoms with van der Waals surface area (Å²) < 4.78 is 0. The first-order valence-corrected chi connectivity index (χ1v) is 5.60. The van der Waals surface area contributed by atoms with Crippen molar-refractivity contribution in [1.82, 2.24) is 5.32 Å². The molecule has 0 aromatic carbocycles. The minimum Gasteiger partial charge on any atom is -0.313 e. The first kappa shape index (κ1) is 10.8. The molecule has 1 rings (SSSR count). The first-order chi connectivity index (χ1) is 6.24. The van der Waals surface area contributed by atoms with Gasteiger partial charge in [0.25, 0.3) is 0 Å². The van der Waals surface area contributed by atoms with Crippen molar-refractivity contribution < 1.29 is 0 Å². The topological polar surface area (TPSA) is 12.0 Å². The second-order valence-corrected chi connectivity index (χ2v) is 4.48. The number of hydrogen-bond donors (Lipinski definition) is 1. The van der Waals surface area contributed by atoms with Gasteiger partial charge in [0.2, 0.25) is 0 Å². The minimum atomic E-state index is 0.657. The lowest BCUT2D eigenvalue weighted by Gasteiger charge is -2.18. The van der Waals surface area contributed by atoms with Crippen LogP contribution in [0.5, 0.6) is 0 Å². The molecule has 0 radical (unpaired) electrons. The Morgan fingerprint density at radius 2 is 2.15 bits per heavy atom. The van der Waals surface area contributed by atoms with Gasteiger partial charge in [-0.25, -0.2) is 0 Å². The Morgan fingerprint density at radius 3 is 2.62 bits per heavy atom. The average molecular weight is 181 g/mol. The highest BCUT2D eigenvalue weighted by molar-refractivity contribution is 5.14. The molecule has 0 aromatic heterocycles. The van der Waals surface area contributed by atoms with E-state index in [1.807, 2.05) is 0 Å². The van der Waals surface area contributed by atoms with Crippen LogP contribution >= 0.6 is 0 Å². The fourth-order valence-corrected chi connectivity index (χ4v) is 2.03. The van der Waals surface area contributed by atoms with Gasteiger partial charge in [0.05, 0.1) is 0 Å². The quantitative estimate of drug-likeness (QED) is 0.643. The summed E-state index contributed by atoms with van der Waals surface area (Å²) in [7, 11) is 2.09. The molecule has 1 heteroatoms. The third kappa shape index (κ3) is 3.51. The van der Waals surface area contributed by atoms with Gasteiger partial charge in [0.15, 0.2) is 0 Å². The Morgan fingerprint density at radius 1 is 1.38 bits per heavy atom. The van der Waals surface area contributed by atoms with Crippen molar-refractivity contribution in [3.05, 3.63) is 11.6 Å². The zero-order valence-corrected chi connectivity index (χ0v) is 9.27. The summed E-state index contributed by atoms with van der Waals surface area (Å²) in [5, 5.41) is 3.43. The highest BCUT2D eigenvalue weighted by atomic mass is 14.9. The lowest BCUT2D eigenvalue weighted by atomic mass is 9.97. The van der Waals surface area contributed by atoms with Gasteiger partial charge in [-0.15, -0.1) is 0 Å². The molecule has 0 spiro atoms. The summed E-state index contributed by atoms with van der Waals surface area (Å²) in [6.07, 6.45) is 9.07. The fourth-order valence-electron chi connectivity index (χ4n) is 2.03. The van der Waals surface area contributed by atoms with Crippen LogP contribution in [0.4, 0.5) is 0 Å². The van der Waals surface area contributed by atoms with Gasteiger partial charge in [-0.3, -0.25) is 0 Å². The SMILES string of the molecule is CNC(CCC(C)C)C1=CCCC1. The number of hydrogen-bond acceptors (Lipinski definition) is 1. The number of rotatable bonds is 5. The van der Waals surface area contributed by atoms with Crippen molar-refractivity contribution >= 4 is 0 Å². The Balaban J connectivity index is 2.33. The summed E-state index contributed by atoms with van der Waals surface area (Å²) in [6, 6.07) is 0.657. The predicted molar refractivity (Wildman–Crippen MR) is 58.9 cm³/mol. The predicted octanol–water partition coefficient (Wildman–Crippen LogP) is 3.12. The van der Waals surface area contributed by atoms with Gasteiger partial charge in [-0.2, -0.15) is 0 Å². The van der Waals surface area contributed by atoms with E-state index in [-0.39, 0.29) is 0 Å². The van der Waals surface area contributed by atoms with Crippen molar-refractivity contribution in [1.29, 1.82) is 0 Å². The summed E-state index contributed by atoms with van der Waals surface area (Å²) in [5.74, 6) is 0.831. The number of likely N-dealkylation sites (N-methyl/N-ethyl adjacent to an activating group) is 1. The van der Waals surface area contributed by atoms with Gasteiger partial charge in [0, 0.05) is 6.04 Å². The van der Waals surface area contributed by atoms with Gasteiger partial charge >= 0.3 is 0 Å². The summed E-state index contributed by atoms with van der Waals surface area (Å²) in [6.45, 7) is 4.60. The molecular formula is C12H23N. The molecule has 13 heavy (non-hydrogen) atoms. The molecule has 0 amide bonds. The van der Waals surface area contributed by atoms with E-state index in [1.165, 1.54) is 32.1 Å². The molecule has 1 nitrogen and oxygen atoms in total. The van der Waals surface area contributed by atoms with Gasteiger partial charge < -0.3 is 5.32 Å². The van der Waals surface area contributed by atoms with E-state index < -0.39 is 0 Å². The lowest BCUT2D eigenvalue weighted by molar-refractivity contribution is 0.483. The van der Waals surface area contributed by atoms with E-state index in [2.05, 4.69) is 32.3 Å². The molecular weight excluding hydrogens is 158 g/mol. The maximum atomic E-state index is 3.43. The molecule has 0 fully saturated rings. The van der Waals surface area contributed by atoms with E-state index >= 15 is 0 Å². The molecule has 1 aliphatic carbocycles. The zero-order valence-electron chi connectivity index (χ0n) is 9.27. The van der Waals surface area contributed by atoms with Crippen molar-refractivity contribution in [2.24, 2.45) is 5.92 Å². The highest BCUT2D eigenvalue weighted by Crippen LogP contribution is 2.23. The summed E-state index contributed by atoms with van der Waals surface area (Å²) in [5.41, 5.74) is 1.66. The Kier molecular flexibility index (Phi) is 4.51. The monoisotopic (exact) mass is 181 g/mol. The molecule has 0 saturated heterocycles. The van der Waals surface area contributed by atoms with E-state index in [1.54, 1.807) is 5.57 Å². The van der Waals surface area contributed by atoms with Crippen LogP contribution in [0.3, 0.4) is 0 Å². The van der Waals surface area contributed by atoms with E-state index in [0.29, 0.717) is 6.04 Å². The van der Waals surface area contributed by atoms with Crippen LogP contribution in [0.15, 0.2) is 11.6 Å². The average Bonchev–Trinajstić information content (AvgIpc) is 2.58. The normalized spacial score (nSPS) is 19.2. The molecule has 1 aliphatic rings. The second-order valence-electron chi connectivity index (χ2n) is 4.48. The number of allylic oxidation sites excluding steroid dienone is 1. The third-order valence-corrected chi connectivity index (χ3v) is 2.90. The summed E-state index contributed by atoms with van der Waals surface area (Å²) >= 11 is 0. The lowest BCUT2D eigenvalue weighted by Crippen LogP contribution is -2.27. The first-order valence-electron chi connectivity index (χ1n) is 5.60. The van der Waals surface area contributed by atoms with E-state index in [9.17, 15) is 0 Å². The van der Waals surface area contributed by atoms with Gasteiger partial charge in [-0.1, -0.05) is 25.5 Å². The Hall–Kier alpha value is -0.300. The van der Waals surface area contributed by atoms with E-state index in [0.717, 1.165) is 5.92 Å². The molecule has 0 bridgehead atoms. The molecule has 1 atom stereocenters. The Labute approximate surface area is 82.6 Å². The molecule has 1 N–H and O–H groups in total.